The molecule has 1 N–H and O–H groups in total. The molecule has 3 nitrogen and oxygen atoms in total. The van der Waals surface area contributed by atoms with E-state index >= 15 is 0 Å². The summed E-state index contributed by atoms with van der Waals surface area (Å²) in [5.41, 5.74) is 0. The summed E-state index contributed by atoms with van der Waals surface area (Å²) < 4.78 is 0. The third-order valence-corrected chi connectivity index (χ3v) is 4.80. The Labute approximate surface area is 109 Å². The molecule has 2 fully saturated rings. The van der Waals surface area contributed by atoms with Gasteiger partial charge in [0.2, 0.25) is 5.91 Å². The van der Waals surface area contributed by atoms with Crippen molar-refractivity contribution in [1.82, 2.24) is 10.2 Å². The van der Waals surface area contributed by atoms with Gasteiger partial charge in [-0.2, -0.15) is 11.8 Å². The van der Waals surface area contributed by atoms with Gasteiger partial charge in [0.05, 0.1) is 6.04 Å². The quantitative estimate of drug-likeness (QED) is 0.831. The second-order valence-corrected chi connectivity index (χ2v) is 6.68. The highest BCUT2D eigenvalue weighted by molar-refractivity contribution is 7.99. The van der Waals surface area contributed by atoms with E-state index in [4.69, 9.17) is 0 Å². The third kappa shape index (κ3) is 3.62. The van der Waals surface area contributed by atoms with Crippen LogP contribution in [-0.2, 0) is 4.79 Å². The molecule has 2 rings (SSSR count). The minimum Gasteiger partial charge on any atom is -0.341 e. The molecule has 2 aliphatic heterocycles. The van der Waals surface area contributed by atoms with Gasteiger partial charge in [0, 0.05) is 19.1 Å². The molecule has 4 heteroatoms. The first-order valence-corrected chi connectivity index (χ1v) is 7.95. The Bertz CT molecular complexity index is 264. The zero-order chi connectivity index (χ0) is 12.3. The standard InChI is InChI=1S/C13H24N2OS/c1-10(2)14-12-4-3-6-15(13(12)16)8-11-5-7-17-9-11/h10-12,14H,3-9H2,1-2H3. The van der Waals surface area contributed by atoms with Gasteiger partial charge in [0.25, 0.3) is 0 Å². The van der Waals surface area contributed by atoms with Crippen molar-refractivity contribution in [2.75, 3.05) is 24.6 Å². The van der Waals surface area contributed by atoms with Crippen molar-refractivity contribution in [3.63, 3.8) is 0 Å². The van der Waals surface area contributed by atoms with E-state index in [0.717, 1.165) is 31.8 Å². The molecule has 2 heterocycles. The fourth-order valence-corrected chi connectivity index (χ4v) is 3.99. The van der Waals surface area contributed by atoms with Crippen molar-refractivity contribution >= 4 is 17.7 Å². The number of carbonyl (C=O) groups excluding carboxylic acids is 1. The van der Waals surface area contributed by atoms with Gasteiger partial charge in [0.15, 0.2) is 0 Å². The van der Waals surface area contributed by atoms with Gasteiger partial charge < -0.3 is 10.2 Å². The summed E-state index contributed by atoms with van der Waals surface area (Å²) in [6.45, 7) is 6.18. The highest BCUT2D eigenvalue weighted by atomic mass is 32.2. The monoisotopic (exact) mass is 256 g/mol. The highest BCUT2D eigenvalue weighted by Crippen LogP contribution is 2.25. The Morgan fingerprint density at radius 3 is 2.94 bits per heavy atom. The first-order valence-electron chi connectivity index (χ1n) is 6.79. The number of carbonyl (C=O) groups is 1. The summed E-state index contributed by atoms with van der Waals surface area (Å²) in [4.78, 5) is 14.4. The lowest BCUT2D eigenvalue weighted by Gasteiger charge is -2.35. The Hall–Kier alpha value is -0.220. The Kier molecular flexibility index (Phi) is 4.74. The molecule has 98 valence electrons. The minimum atomic E-state index is 0.0674. The third-order valence-electron chi connectivity index (χ3n) is 3.57. The van der Waals surface area contributed by atoms with E-state index in [-0.39, 0.29) is 6.04 Å². The molecule has 0 aliphatic carbocycles. The van der Waals surface area contributed by atoms with Crippen LogP contribution in [0.5, 0.6) is 0 Å². The van der Waals surface area contributed by atoms with Crippen LogP contribution in [0.25, 0.3) is 0 Å². The number of amides is 1. The van der Waals surface area contributed by atoms with Crippen LogP contribution < -0.4 is 5.32 Å². The normalized spacial score (nSPS) is 30.3. The van der Waals surface area contributed by atoms with Gasteiger partial charge in [-0.25, -0.2) is 0 Å². The summed E-state index contributed by atoms with van der Waals surface area (Å²) in [7, 11) is 0. The van der Waals surface area contributed by atoms with Crippen molar-refractivity contribution in [3.8, 4) is 0 Å². The molecule has 0 aromatic carbocycles. The van der Waals surface area contributed by atoms with Crippen LogP contribution in [0.4, 0.5) is 0 Å². The molecule has 2 saturated heterocycles. The number of thioether (sulfide) groups is 1. The number of hydrogen-bond acceptors (Lipinski definition) is 3. The molecule has 2 aliphatic rings. The first-order chi connectivity index (χ1) is 8.16. The summed E-state index contributed by atoms with van der Waals surface area (Å²) >= 11 is 2.03. The topological polar surface area (TPSA) is 32.3 Å². The average Bonchev–Trinajstić information content (AvgIpc) is 2.76. The molecule has 0 aromatic heterocycles. The Morgan fingerprint density at radius 2 is 2.29 bits per heavy atom. The predicted octanol–water partition coefficient (Wildman–Crippen LogP) is 1.73. The molecule has 1 amide bonds. The molecule has 2 atom stereocenters. The highest BCUT2D eigenvalue weighted by Gasteiger charge is 2.30. The molecule has 0 radical (unpaired) electrons. The number of nitrogens with zero attached hydrogens (tertiary/aromatic N) is 1. The van der Waals surface area contributed by atoms with Crippen LogP contribution in [0.3, 0.4) is 0 Å². The molecule has 0 spiro atoms. The van der Waals surface area contributed by atoms with Crippen LogP contribution in [0.2, 0.25) is 0 Å². The largest absolute Gasteiger partial charge is 0.341 e. The molecular formula is C13H24N2OS. The van der Waals surface area contributed by atoms with Crippen molar-refractivity contribution in [3.05, 3.63) is 0 Å². The van der Waals surface area contributed by atoms with Crippen LogP contribution in [0.1, 0.15) is 33.1 Å². The molecule has 0 saturated carbocycles. The lowest BCUT2D eigenvalue weighted by atomic mass is 10.0. The predicted molar refractivity (Wildman–Crippen MR) is 73.3 cm³/mol. The van der Waals surface area contributed by atoms with E-state index in [1.165, 1.54) is 17.9 Å². The van der Waals surface area contributed by atoms with Crippen molar-refractivity contribution in [2.24, 2.45) is 5.92 Å². The van der Waals surface area contributed by atoms with Gasteiger partial charge in [-0.05, 0) is 36.7 Å². The SMILES string of the molecule is CC(C)NC1CCCN(CC2CCSC2)C1=O. The number of rotatable bonds is 4. The smallest absolute Gasteiger partial charge is 0.239 e. The summed E-state index contributed by atoms with van der Waals surface area (Å²) in [6, 6.07) is 0.462. The van der Waals surface area contributed by atoms with Gasteiger partial charge in [0.1, 0.15) is 0 Å². The van der Waals surface area contributed by atoms with E-state index in [1.54, 1.807) is 0 Å². The first kappa shape index (κ1) is 13.2. The van der Waals surface area contributed by atoms with E-state index in [1.807, 2.05) is 11.8 Å². The lowest BCUT2D eigenvalue weighted by molar-refractivity contribution is -0.136. The van der Waals surface area contributed by atoms with E-state index in [2.05, 4.69) is 24.1 Å². The van der Waals surface area contributed by atoms with E-state index in [0.29, 0.717) is 11.9 Å². The second-order valence-electron chi connectivity index (χ2n) is 5.53. The van der Waals surface area contributed by atoms with E-state index < -0.39 is 0 Å². The number of piperidine rings is 1. The second kappa shape index (κ2) is 6.10. The summed E-state index contributed by atoms with van der Waals surface area (Å²) in [5, 5.41) is 3.39. The lowest BCUT2D eigenvalue weighted by Crippen LogP contribution is -2.53. The van der Waals surface area contributed by atoms with Crippen LogP contribution in [-0.4, -0.2) is 47.5 Å². The molecular weight excluding hydrogens is 232 g/mol. The number of nitrogens with one attached hydrogen (secondary N) is 1. The molecule has 2 unspecified atom stereocenters. The van der Waals surface area contributed by atoms with Gasteiger partial charge in [-0.3, -0.25) is 4.79 Å². The maximum absolute atomic E-state index is 12.3. The zero-order valence-corrected chi connectivity index (χ0v) is 11.8. The zero-order valence-electron chi connectivity index (χ0n) is 10.9. The van der Waals surface area contributed by atoms with Gasteiger partial charge >= 0.3 is 0 Å². The minimum absolute atomic E-state index is 0.0674. The Balaban J connectivity index is 1.86. The molecule has 17 heavy (non-hydrogen) atoms. The van der Waals surface area contributed by atoms with Crippen LogP contribution in [0, 0.1) is 5.92 Å². The maximum atomic E-state index is 12.3. The van der Waals surface area contributed by atoms with E-state index in [9.17, 15) is 4.79 Å². The van der Waals surface area contributed by atoms with Gasteiger partial charge in [-0.1, -0.05) is 13.8 Å². The Morgan fingerprint density at radius 1 is 1.47 bits per heavy atom. The summed E-state index contributed by atoms with van der Waals surface area (Å²) in [5.74, 6) is 3.59. The molecule has 0 bridgehead atoms. The average molecular weight is 256 g/mol. The summed E-state index contributed by atoms with van der Waals surface area (Å²) in [6.07, 6.45) is 3.44. The fourth-order valence-electron chi connectivity index (χ4n) is 2.72. The fraction of sp³-hybridized carbons (Fsp3) is 0.923. The van der Waals surface area contributed by atoms with Crippen molar-refractivity contribution < 1.29 is 4.79 Å². The van der Waals surface area contributed by atoms with Crippen molar-refractivity contribution in [1.29, 1.82) is 0 Å². The maximum Gasteiger partial charge on any atom is 0.239 e. The van der Waals surface area contributed by atoms with Crippen molar-refractivity contribution in [2.45, 2.75) is 45.2 Å². The van der Waals surface area contributed by atoms with Gasteiger partial charge in [-0.15, -0.1) is 0 Å². The van der Waals surface area contributed by atoms with Crippen LogP contribution >= 0.6 is 11.8 Å². The number of hydrogen-bond donors (Lipinski definition) is 1. The van der Waals surface area contributed by atoms with Crippen LogP contribution in [0.15, 0.2) is 0 Å². The number of likely N-dealkylation sites (tertiary alicyclic amines) is 1. The molecule has 0 aromatic rings.